The molecule has 0 unspecified atom stereocenters. The van der Waals surface area contributed by atoms with Gasteiger partial charge in [-0.05, 0) is 36.2 Å². The van der Waals surface area contributed by atoms with Gasteiger partial charge < -0.3 is 4.74 Å². The molecule has 1 aliphatic heterocycles. The molecule has 0 aliphatic carbocycles. The Labute approximate surface area is 154 Å². The Morgan fingerprint density at radius 3 is 2.83 bits per heavy atom. The number of hydrogen-bond donors (Lipinski definition) is 0. The molecule has 0 saturated heterocycles. The summed E-state index contributed by atoms with van der Waals surface area (Å²) in [6.45, 7) is 2.20. The minimum atomic E-state index is -0.219. The van der Waals surface area contributed by atoms with Crippen molar-refractivity contribution in [2.45, 2.75) is 12.2 Å². The van der Waals surface area contributed by atoms with E-state index in [0.29, 0.717) is 11.6 Å². The summed E-state index contributed by atoms with van der Waals surface area (Å²) in [4.78, 5) is 16.3. The Morgan fingerprint density at radius 1 is 1.29 bits per heavy atom. The van der Waals surface area contributed by atoms with Crippen LogP contribution in [0, 0.1) is 0 Å². The van der Waals surface area contributed by atoms with Crippen molar-refractivity contribution in [2.75, 3.05) is 12.4 Å². The summed E-state index contributed by atoms with van der Waals surface area (Å²) in [5.74, 6) is 0.0494. The number of benzene rings is 2. The predicted octanol–water partition coefficient (Wildman–Crippen LogP) is 5.46. The van der Waals surface area contributed by atoms with Crippen molar-refractivity contribution in [3.8, 4) is 0 Å². The molecule has 6 heteroatoms. The molecule has 0 radical (unpaired) electrons. The monoisotopic (exact) mass is 377 g/mol. The number of ether oxygens (including phenoxy) is 1. The molecule has 0 aromatic heterocycles. The highest BCUT2D eigenvalue weighted by atomic mass is 35.5. The van der Waals surface area contributed by atoms with E-state index in [4.69, 9.17) is 16.3 Å². The van der Waals surface area contributed by atoms with Crippen molar-refractivity contribution in [3.63, 3.8) is 0 Å². The van der Waals surface area contributed by atoms with Crippen molar-refractivity contribution in [3.05, 3.63) is 64.7 Å². The maximum absolute atomic E-state index is 11.6. The Balaban J connectivity index is 1.88. The lowest BCUT2D eigenvalue weighted by Crippen LogP contribution is -2.10. The van der Waals surface area contributed by atoms with E-state index in [1.165, 1.54) is 17.3 Å². The Bertz CT molecular complexity index is 765. The number of rotatable bonds is 4. The van der Waals surface area contributed by atoms with Gasteiger partial charge in [-0.25, -0.2) is 4.99 Å². The third kappa shape index (κ3) is 4.15. The Morgan fingerprint density at radius 2 is 2.08 bits per heavy atom. The summed E-state index contributed by atoms with van der Waals surface area (Å²) in [6.07, 6.45) is 0. The third-order valence-corrected chi connectivity index (χ3v) is 6.07. The quantitative estimate of drug-likeness (QED) is 0.663. The third-order valence-electron chi connectivity index (χ3n) is 3.42. The van der Waals surface area contributed by atoms with E-state index in [2.05, 4.69) is 17.1 Å². The molecule has 1 aliphatic rings. The lowest BCUT2D eigenvalue weighted by Gasteiger charge is -2.24. The number of carbonyl (C=O) groups excluding carboxylic acids is 1. The summed E-state index contributed by atoms with van der Waals surface area (Å²) in [5.41, 5.74) is 3.19. The van der Waals surface area contributed by atoms with Gasteiger partial charge in [-0.1, -0.05) is 65.5 Å². The van der Waals surface area contributed by atoms with Crippen LogP contribution in [0.1, 0.15) is 23.3 Å². The highest BCUT2D eigenvalue weighted by Crippen LogP contribution is 2.47. The van der Waals surface area contributed by atoms with Crippen LogP contribution in [0.4, 0.5) is 5.69 Å². The second-order valence-electron chi connectivity index (χ2n) is 5.08. The molecule has 2 aromatic carbocycles. The molecular weight excluding hydrogens is 362 g/mol. The van der Waals surface area contributed by atoms with Gasteiger partial charge >= 0.3 is 5.97 Å². The summed E-state index contributed by atoms with van der Waals surface area (Å²) >= 11 is 9.24. The lowest BCUT2D eigenvalue weighted by atomic mass is 10.0. The van der Waals surface area contributed by atoms with E-state index in [0.717, 1.165) is 15.6 Å². The smallest absolute Gasteiger partial charge is 0.316 e. The largest absolute Gasteiger partial charge is 0.465 e. The van der Waals surface area contributed by atoms with Crippen LogP contribution < -0.4 is 0 Å². The zero-order valence-electron chi connectivity index (χ0n) is 13.1. The van der Waals surface area contributed by atoms with Crippen LogP contribution in [0.15, 0.2) is 53.5 Å². The van der Waals surface area contributed by atoms with E-state index >= 15 is 0 Å². The fourth-order valence-electron chi connectivity index (χ4n) is 2.39. The zero-order chi connectivity index (χ0) is 16.9. The van der Waals surface area contributed by atoms with Gasteiger partial charge in [-0.15, -0.1) is 0 Å². The second kappa shape index (κ2) is 8.10. The zero-order valence-corrected chi connectivity index (χ0v) is 15.5. The number of nitrogens with zero attached hydrogens (tertiary/aromatic N) is 1. The molecular formula is C18H16ClNO2S2. The first-order chi connectivity index (χ1) is 11.7. The van der Waals surface area contributed by atoms with Crippen molar-refractivity contribution in [2.24, 2.45) is 4.99 Å². The normalized spacial score (nSPS) is 16.2. The average Bonchev–Trinajstić information content (AvgIpc) is 2.60. The molecule has 24 heavy (non-hydrogen) atoms. The van der Waals surface area contributed by atoms with E-state index in [-0.39, 0.29) is 17.0 Å². The van der Waals surface area contributed by atoms with Crippen LogP contribution in [0.3, 0.4) is 0 Å². The first kappa shape index (κ1) is 17.4. The number of aliphatic imine (C=N–C) groups is 1. The fourth-order valence-corrected chi connectivity index (χ4v) is 4.76. The highest BCUT2D eigenvalue weighted by molar-refractivity contribution is 8.39. The molecule has 0 bridgehead atoms. The number of fused-ring (bicyclic) bond motifs is 1. The topological polar surface area (TPSA) is 38.7 Å². The van der Waals surface area contributed by atoms with Crippen LogP contribution >= 0.6 is 35.1 Å². The average molecular weight is 378 g/mol. The van der Waals surface area contributed by atoms with Gasteiger partial charge in [0.2, 0.25) is 0 Å². The van der Waals surface area contributed by atoms with E-state index < -0.39 is 0 Å². The molecule has 0 amide bonds. The molecule has 0 N–H and O–H groups in total. The number of hydrogen-bond acceptors (Lipinski definition) is 5. The van der Waals surface area contributed by atoms with Crippen LogP contribution in [0.25, 0.3) is 0 Å². The minimum Gasteiger partial charge on any atom is -0.465 e. The summed E-state index contributed by atoms with van der Waals surface area (Å²) in [7, 11) is 0. The molecule has 0 saturated carbocycles. The van der Waals surface area contributed by atoms with Gasteiger partial charge in [0, 0.05) is 5.02 Å². The van der Waals surface area contributed by atoms with E-state index in [1.807, 2.05) is 36.4 Å². The Kier molecular flexibility index (Phi) is 5.87. The van der Waals surface area contributed by atoms with Crippen molar-refractivity contribution in [1.82, 2.24) is 0 Å². The Hall–Kier alpha value is -1.43. The van der Waals surface area contributed by atoms with Gasteiger partial charge in [-0.3, -0.25) is 4.79 Å². The number of thioether (sulfide) groups is 2. The standard InChI is InChI=1S/C18H16ClNO2S2/c1-2-22-16(21)11-23-18-20-15-9-8-13(19)10-14(15)17(24-18)12-6-4-3-5-7-12/h3-10,17H,2,11H2,1H3/t17-/m1/s1. The maximum Gasteiger partial charge on any atom is 0.316 e. The van der Waals surface area contributed by atoms with Crippen molar-refractivity contribution in [1.29, 1.82) is 0 Å². The summed E-state index contributed by atoms with van der Waals surface area (Å²) in [5, 5.41) is 0.815. The molecule has 0 spiro atoms. The van der Waals surface area contributed by atoms with E-state index in [9.17, 15) is 4.79 Å². The van der Waals surface area contributed by atoms with Crippen LogP contribution in [0.5, 0.6) is 0 Å². The van der Waals surface area contributed by atoms with Gasteiger partial charge in [0.05, 0.1) is 23.3 Å². The van der Waals surface area contributed by atoms with Gasteiger partial charge in [0.1, 0.15) is 4.38 Å². The number of halogens is 1. The molecule has 1 atom stereocenters. The van der Waals surface area contributed by atoms with Gasteiger partial charge in [-0.2, -0.15) is 0 Å². The maximum atomic E-state index is 11.6. The molecule has 0 fully saturated rings. The highest BCUT2D eigenvalue weighted by Gasteiger charge is 2.26. The molecule has 3 rings (SSSR count). The lowest BCUT2D eigenvalue weighted by molar-refractivity contribution is -0.139. The minimum absolute atomic E-state index is 0.113. The van der Waals surface area contributed by atoms with Crippen LogP contribution in [-0.4, -0.2) is 22.7 Å². The number of esters is 1. The van der Waals surface area contributed by atoms with Gasteiger partial charge in [0.25, 0.3) is 0 Å². The van der Waals surface area contributed by atoms with E-state index in [1.54, 1.807) is 18.7 Å². The molecule has 2 aromatic rings. The van der Waals surface area contributed by atoms with Gasteiger partial charge in [0.15, 0.2) is 0 Å². The first-order valence-corrected chi connectivity index (χ1v) is 9.80. The second-order valence-corrected chi connectivity index (χ2v) is 7.84. The first-order valence-electron chi connectivity index (χ1n) is 7.55. The van der Waals surface area contributed by atoms with Crippen molar-refractivity contribution < 1.29 is 9.53 Å². The summed E-state index contributed by atoms with van der Waals surface area (Å²) in [6, 6.07) is 16.0. The number of carbonyl (C=O) groups is 1. The van der Waals surface area contributed by atoms with Crippen LogP contribution in [-0.2, 0) is 9.53 Å². The summed E-state index contributed by atoms with van der Waals surface area (Å²) < 4.78 is 5.86. The van der Waals surface area contributed by atoms with Crippen LogP contribution in [0.2, 0.25) is 5.02 Å². The molecule has 3 nitrogen and oxygen atoms in total. The SMILES string of the molecule is CCOC(=O)CSC1=Nc2ccc(Cl)cc2[C@@H](c2ccccc2)S1. The van der Waals surface area contributed by atoms with Crippen molar-refractivity contribution >= 4 is 51.2 Å². The molecule has 124 valence electrons. The molecule has 1 heterocycles. The fraction of sp³-hybridized carbons (Fsp3) is 0.222. The predicted molar refractivity (Wildman–Crippen MR) is 104 cm³/mol.